The van der Waals surface area contributed by atoms with Gasteiger partial charge in [-0.2, -0.15) is 0 Å². The molecular formula is C11H21NS2. The Bertz CT molecular complexity index is 171. The average molecular weight is 231 g/mol. The molecule has 0 atom stereocenters. The molecule has 0 amide bonds. The molecule has 0 aromatic heterocycles. The van der Waals surface area contributed by atoms with Crippen LogP contribution in [0.15, 0.2) is 0 Å². The Morgan fingerprint density at radius 3 is 2.57 bits per heavy atom. The van der Waals surface area contributed by atoms with Crippen molar-refractivity contribution in [2.24, 2.45) is 0 Å². The van der Waals surface area contributed by atoms with Crippen LogP contribution in [0.3, 0.4) is 0 Å². The monoisotopic (exact) mass is 231 g/mol. The number of nitrogens with zero attached hydrogens (tertiary/aromatic N) is 1. The van der Waals surface area contributed by atoms with Crippen molar-refractivity contribution < 1.29 is 0 Å². The van der Waals surface area contributed by atoms with Gasteiger partial charge in [-0.05, 0) is 6.42 Å². The molecule has 1 rings (SSSR count). The van der Waals surface area contributed by atoms with Gasteiger partial charge in [0.1, 0.15) is 4.32 Å². The Labute approximate surface area is 97.6 Å². The fraction of sp³-hybridized carbons (Fsp3) is 0.909. The Hall–Kier alpha value is 0.240. The van der Waals surface area contributed by atoms with E-state index >= 15 is 0 Å². The average Bonchev–Trinajstić information content (AvgIpc) is 2.58. The normalized spacial score (nSPS) is 16.6. The van der Waals surface area contributed by atoms with Crippen LogP contribution in [0.1, 0.15) is 45.4 Å². The van der Waals surface area contributed by atoms with Gasteiger partial charge in [0.05, 0.1) is 0 Å². The lowest BCUT2D eigenvalue weighted by molar-refractivity contribution is 0.440. The predicted octanol–water partition coefficient (Wildman–Crippen LogP) is 3.68. The van der Waals surface area contributed by atoms with E-state index in [4.69, 9.17) is 12.2 Å². The van der Waals surface area contributed by atoms with Crippen LogP contribution in [-0.2, 0) is 0 Å². The maximum absolute atomic E-state index is 5.25. The van der Waals surface area contributed by atoms with Crippen LogP contribution in [-0.4, -0.2) is 28.1 Å². The largest absolute Gasteiger partial charge is 0.357 e. The summed E-state index contributed by atoms with van der Waals surface area (Å²) < 4.78 is 1.12. The van der Waals surface area contributed by atoms with Gasteiger partial charge >= 0.3 is 0 Å². The highest BCUT2D eigenvalue weighted by Gasteiger charge is 2.15. The minimum absolute atomic E-state index is 1.12. The van der Waals surface area contributed by atoms with Crippen LogP contribution in [0.5, 0.6) is 0 Å². The van der Waals surface area contributed by atoms with E-state index in [9.17, 15) is 0 Å². The molecule has 0 saturated carbocycles. The molecule has 1 saturated heterocycles. The molecule has 0 aliphatic carbocycles. The van der Waals surface area contributed by atoms with Gasteiger partial charge in [0, 0.05) is 18.8 Å². The van der Waals surface area contributed by atoms with Gasteiger partial charge in [-0.3, -0.25) is 0 Å². The highest BCUT2D eigenvalue weighted by molar-refractivity contribution is 8.23. The van der Waals surface area contributed by atoms with E-state index in [0.29, 0.717) is 0 Å². The van der Waals surface area contributed by atoms with Gasteiger partial charge in [-0.15, -0.1) is 0 Å². The number of thioether (sulfide) groups is 1. The van der Waals surface area contributed by atoms with Gasteiger partial charge in [0.25, 0.3) is 0 Å². The van der Waals surface area contributed by atoms with Crippen LogP contribution in [0.4, 0.5) is 0 Å². The first-order valence-corrected chi connectivity index (χ1v) is 7.15. The number of thiocarbonyl (C=S) groups is 1. The third-order valence-corrected chi connectivity index (χ3v) is 4.13. The number of hydrogen-bond donors (Lipinski definition) is 0. The Balaban J connectivity index is 1.90. The van der Waals surface area contributed by atoms with E-state index in [2.05, 4.69) is 11.8 Å². The first-order chi connectivity index (χ1) is 6.84. The molecule has 0 spiro atoms. The van der Waals surface area contributed by atoms with Crippen LogP contribution in [0.2, 0.25) is 0 Å². The van der Waals surface area contributed by atoms with Crippen LogP contribution in [0.25, 0.3) is 0 Å². The molecule has 1 fully saturated rings. The lowest BCUT2D eigenvalue weighted by atomic mass is 10.1. The van der Waals surface area contributed by atoms with Gasteiger partial charge in [-0.25, -0.2) is 0 Å². The van der Waals surface area contributed by atoms with Crippen molar-refractivity contribution in [1.82, 2.24) is 4.90 Å². The molecule has 1 aliphatic heterocycles. The topological polar surface area (TPSA) is 3.24 Å². The van der Waals surface area contributed by atoms with E-state index in [1.54, 1.807) is 0 Å². The lowest BCUT2D eigenvalue weighted by Gasteiger charge is -2.16. The third-order valence-electron chi connectivity index (χ3n) is 2.63. The van der Waals surface area contributed by atoms with Gasteiger partial charge in [0.15, 0.2) is 0 Å². The maximum Gasteiger partial charge on any atom is 0.136 e. The van der Waals surface area contributed by atoms with Crippen molar-refractivity contribution in [3.8, 4) is 0 Å². The quantitative estimate of drug-likeness (QED) is 0.486. The summed E-state index contributed by atoms with van der Waals surface area (Å²) in [5, 5.41) is 0. The molecule has 1 heterocycles. The van der Waals surface area contributed by atoms with Crippen LogP contribution < -0.4 is 0 Å². The standard InChI is InChI=1S/C11H21NS2/c1-2-3-4-5-6-7-8-12-9-10-14-11(12)13/h2-10H2,1H3. The zero-order valence-corrected chi connectivity index (χ0v) is 10.8. The molecule has 82 valence electrons. The second-order valence-electron chi connectivity index (χ2n) is 3.87. The summed E-state index contributed by atoms with van der Waals surface area (Å²) >= 11 is 7.08. The SMILES string of the molecule is CCCCCCCCN1CCSC1=S. The minimum Gasteiger partial charge on any atom is -0.357 e. The number of hydrogen-bond acceptors (Lipinski definition) is 2. The molecule has 1 nitrogen and oxygen atoms in total. The summed E-state index contributed by atoms with van der Waals surface area (Å²) in [7, 11) is 0. The van der Waals surface area contributed by atoms with Gasteiger partial charge < -0.3 is 4.90 Å². The highest BCUT2D eigenvalue weighted by Crippen LogP contribution is 2.18. The molecule has 0 aromatic carbocycles. The molecule has 0 aromatic rings. The van der Waals surface area contributed by atoms with Crippen molar-refractivity contribution >= 4 is 28.3 Å². The zero-order chi connectivity index (χ0) is 10.2. The van der Waals surface area contributed by atoms with Crippen molar-refractivity contribution in [3.05, 3.63) is 0 Å². The minimum atomic E-state index is 1.12. The molecule has 0 N–H and O–H groups in total. The summed E-state index contributed by atoms with van der Waals surface area (Å²) in [5.74, 6) is 1.20. The van der Waals surface area contributed by atoms with Crippen molar-refractivity contribution in [2.75, 3.05) is 18.8 Å². The summed E-state index contributed by atoms with van der Waals surface area (Å²) in [6.07, 6.45) is 8.26. The van der Waals surface area contributed by atoms with Gasteiger partial charge in [-0.1, -0.05) is 63.0 Å². The van der Waals surface area contributed by atoms with Gasteiger partial charge in [0.2, 0.25) is 0 Å². The molecule has 0 radical (unpaired) electrons. The maximum atomic E-state index is 5.25. The molecule has 0 unspecified atom stereocenters. The summed E-state index contributed by atoms with van der Waals surface area (Å²) in [6, 6.07) is 0. The molecule has 14 heavy (non-hydrogen) atoms. The zero-order valence-electron chi connectivity index (χ0n) is 9.13. The summed E-state index contributed by atoms with van der Waals surface area (Å²) in [6.45, 7) is 4.64. The molecule has 1 aliphatic rings. The molecular weight excluding hydrogens is 210 g/mol. The van der Waals surface area contributed by atoms with Crippen molar-refractivity contribution in [3.63, 3.8) is 0 Å². The van der Waals surface area contributed by atoms with E-state index < -0.39 is 0 Å². The highest BCUT2D eigenvalue weighted by atomic mass is 32.2. The van der Waals surface area contributed by atoms with Crippen LogP contribution in [0, 0.1) is 0 Å². The number of unbranched alkanes of at least 4 members (excludes halogenated alkanes) is 5. The fourth-order valence-corrected chi connectivity index (χ4v) is 3.00. The Kier molecular flexibility index (Phi) is 6.61. The summed E-state index contributed by atoms with van der Waals surface area (Å²) in [5.41, 5.74) is 0. The van der Waals surface area contributed by atoms with E-state index in [1.165, 1.54) is 57.4 Å². The second-order valence-corrected chi connectivity index (χ2v) is 5.60. The van der Waals surface area contributed by atoms with Crippen molar-refractivity contribution in [2.45, 2.75) is 45.4 Å². The smallest absolute Gasteiger partial charge is 0.136 e. The third kappa shape index (κ3) is 4.65. The predicted molar refractivity (Wildman–Crippen MR) is 70.0 cm³/mol. The van der Waals surface area contributed by atoms with E-state index in [-0.39, 0.29) is 0 Å². The van der Waals surface area contributed by atoms with E-state index in [1.807, 2.05) is 11.8 Å². The fourth-order valence-electron chi connectivity index (χ4n) is 1.71. The number of rotatable bonds is 7. The first-order valence-electron chi connectivity index (χ1n) is 5.76. The van der Waals surface area contributed by atoms with Crippen LogP contribution >= 0.6 is 24.0 Å². The van der Waals surface area contributed by atoms with E-state index in [0.717, 1.165) is 4.32 Å². The second kappa shape index (κ2) is 7.52. The summed E-state index contributed by atoms with van der Waals surface area (Å²) in [4.78, 5) is 2.36. The Morgan fingerprint density at radius 2 is 1.93 bits per heavy atom. The molecule has 0 bridgehead atoms. The molecule has 3 heteroatoms. The first kappa shape index (κ1) is 12.3. The lowest BCUT2D eigenvalue weighted by Crippen LogP contribution is -2.23. The van der Waals surface area contributed by atoms with Crippen molar-refractivity contribution in [1.29, 1.82) is 0 Å². The Morgan fingerprint density at radius 1 is 1.21 bits per heavy atom.